The highest BCUT2D eigenvalue weighted by atomic mass is 79.9. The Labute approximate surface area is 208 Å². The van der Waals surface area contributed by atoms with E-state index in [-0.39, 0.29) is 5.75 Å². The molecular formula is C21H12Br2Cl2N2OS2. The van der Waals surface area contributed by atoms with Crippen molar-refractivity contribution in [1.29, 1.82) is 0 Å². The molecule has 4 rings (SSSR count). The summed E-state index contributed by atoms with van der Waals surface area (Å²) in [5.74, 6) is 0.829. The Hall–Kier alpha value is -1.09. The summed E-state index contributed by atoms with van der Waals surface area (Å²) in [7, 11) is 0. The molecule has 0 saturated heterocycles. The number of aromatic nitrogens is 1. The summed E-state index contributed by atoms with van der Waals surface area (Å²) in [4.78, 5) is 9.24. The minimum Gasteiger partial charge on any atom is -0.506 e. The predicted octanol–water partition coefficient (Wildman–Crippen LogP) is 8.88. The van der Waals surface area contributed by atoms with Gasteiger partial charge in [0.05, 0.1) is 24.8 Å². The van der Waals surface area contributed by atoms with Crippen molar-refractivity contribution in [2.45, 2.75) is 10.1 Å². The number of thioether (sulfide) groups is 1. The summed E-state index contributed by atoms with van der Waals surface area (Å²) in [6.45, 7) is 0. The molecule has 3 nitrogen and oxygen atoms in total. The van der Waals surface area contributed by atoms with Gasteiger partial charge >= 0.3 is 0 Å². The van der Waals surface area contributed by atoms with E-state index < -0.39 is 0 Å². The van der Waals surface area contributed by atoms with Crippen LogP contribution in [0.2, 0.25) is 10.0 Å². The van der Waals surface area contributed by atoms with Crippen LogP contribution in [0.25, 0.3) is 10.2 Å². The summed E-state index contributed by atoms with van der Waals surface area (Å²) in [6, 6.07) is 15.1. The van der Waals surface area contributed by atoms with Crippen LogP contribution in [-0.4, -0.2) is 16.3 Å². The number of aromatic hydroxyl groups is 1. The summed E-state index contributed by atoms with van der Waals surface area (Å²) < 4.78 is 3.23. The second-order valence-electron chi connectivity index (χ2n) is 6.21. The third-order valence-electron chi connectivity index (χ3n) is 4.16. The average Bonchev–Trinajstić information content (AvgIpc) is 3.12. The number of rotatable bonds is 5. The van der Waals surface area contributed by atoms with Crippen molar-refractivity contribution in [2.75, 3.05) is 0 Å². The zero-order valence-electron chi connectivity index (χ0n) is 15.1. The molecule has 0 radical (unpaired) electrons. The minimum absolute atomic E-state index is 0.168. The highest BCUT2D eigenvalue weighted by Gasteiger charge is 2.10. The van der Waals surface area contributed by atoms with Crippen LogP contribution in [0.15, 0.2) is 66.8 Å². The Morgan fingerprint density at radius 1 is 1.07 bits per heavy atom. The second kappa shape index (κ2) is 9.59. The quantitative estimate of drug-likeness (QED) is 0.183. The smallest absolute Gasteiger partial charge is 0.151 e. The van der Waals surface area contributed by atoms with Gasteiger partial charge in [0, 0.05) is 22.0 Å². The summed E-state index contributed by atoms with van der Waals surface area (Å²) >= 11 is 22.4. The maximum absolute atomic E-state index is 9.82. The number of aliphatic imine (C=N–C) groups is 1. The Kier molecular flexibility index (Phi) is 7.07. The fourth-order valence-electron chi connectivity index (χ4n) is 2.65. The van der Waals surface area contributed by atoms with Crippen molar-refractivity contribution < 1.29 is 5.11 Å². The average molecular weight is 603 g/mol. The lowest BCUT2D eigenvalue weighted by Crippen LogP contribution is -1.84. The number of hydrogen-bond acceptors (Lipinski definition) is 5. The molecule has 152 valence electrons. The molecule has 0 fully saturated rings. The van der Waals surface area contributed by atoms with E-state index in [9.17, 15) is 5.11 Å². The first-order chi connectivity index (χ1) is 14.4. The Morgan fingerprint density at radius 2 is 1.77 bits per heavy atom. The van der Waals surface area contributed by atoms with Crippen LogP contribution in [0.4, 0.5) is 5.69 Å². The topological polar surface area (TPSA) is 45.5 Å². The van der Waals surface area contributed by atoms with Gasteiger partial charge in [0.2, 0.25) is 0 Å². The van der Waals surface area contributed by atoms with E-state index in [1.165, 1.54) is 0 Å². The molecule has 30 heavy (non-hydrogen) atoms. The number of phenolic OH excluding ortho intramolecular Hbond substituents is 1. The number of hydrogen-bond donors (Lipinski definition) is 1. The number of phenols is 1. The van der Waals surface area contributed by atoms with E-state index in [0.717, 1.165) is 31.4 Å². The SMILES string of the molecule is Oc1c(Br)cc(C=Nc2ccc3nc(SCc4c(Cl)cccc4Cl)sc3c2)cc1Br. The van der Waals surface area contributed by atoms with Gasteiger partial charge in [-0.2, -0.15) is 0 Å². The molecule has 0 amide bonds. The van der Waals surface area contributed by atoms with Crippen molar-refractivity contribution in [3.63, 3.8) is 0 Å². The highest BCUT2D eigenvalue weighted by Crippen LogP contribution is 2.37. The van der Waals surface area contributed by atoms with Gasteiger partial charge in [-0.25, -0.2) is 4.98 Å². The molecule has 0 bridgehead atoms. The van der Waals surface area contributed by atoms with Gasteiger partial charge < -0.3 is 5.11 Å². The van der Waals surface area contributed by atoms with Crippen LogP contribution < -0.4 is 0 Å². The molecule has 0 spiro atoms. The normalized spacial score (nSPS) is 11.6. The zero-order chi connectivity index (χ0) is 21.3. The lowest BCUT2D eigenvalue weighted by atomic mass is 10.2. The Morgan fingerprint density at radius 3 is 2.47 bits per heavy atom. The first kappa shape index (κ1) is 22.1. The Bertz CT molecular complexity index is 1230. The second-order valence-corrected chi connectivity index (χ2v) is 11.0. The van der Waals surface area contributed by atoms with E-state index in [4.69, 9.17) is 23.2 Å². The van der Waals surface area contributed by atoms with Crippen LogP contribution in [0.1, 0.15) is 11.1 Å². The molecule has 3 aromatic carbocycles. The third-order valence-corrected chi connectivity index (χ3v) is 8.26. The summed E-state index contributed by atoms with van der Waals surface area (Å²) in [5, 5.41) is 11.2. The van der Waals surface area contributed by atoms with Gasteiger partial charge in [-0.15, -0.1) is 11.3 Å². The van der Waals surface area contributed by atoms with Crippen LogP contribution in [0, 0.1) is 0 Å². The van der Waals surface area contributed by atoms with Crippen molar-refractivity contribution in [3.8, 4) is 5.75 Å². The van der Waals surface area contributed by atoms with Crippen LogP contribution in [-0.2, 0) is 5.75 Å². The summed E-state index contributed by atoms with van der Waals surface area (Å²) in [6.07, 6.45) is 1.76. The molecule has 9 heteroatoms. The number of thiazole rings is 1. The molecule has 4 aromatic rings. The number of halogens is 4. The lowest BCUT2D eigenvalue weighted by molar-refractivity contribution is 0.468. The van der Waals surface area contributed by atoms with Crippen LogP contribution >= 0.6 is 78.2 Å². The predicted molar refractivity (Wildman–Crippen MR) is 136 cm³/mol. The van der Waals surface area contributed by atoms with Gasteiger partial charge in [0.1, 0.15) is 5.75 Å². The van der Waals surface area contributed by atoms with Crippen molar-refractivity contribution in [1.82, 2.24) is 4.98 Å². The van der Waals surface area contributed by atoms with E-state index in [0.29, 0.717) is 24.7 Å². The maximum Gasteiger partial charge on any atom is 0.151 e. The van der Waals surface area contributed by atoms with Gasteiger partial charge in [-0.3, -0.25) is 4.99 Å². The van der Waals surface area contributed by atoms with Crippen LogP contribution in [0.3, 0.4) is 0 Å². The molecular weight excluding hydrogens is 591 g/mol. The van der Waals surface area contributed by atoms with E-state index in [1.54, 1.807) is 29.3 Å². The van der Waals surface area contributed by atoms with Crippen molar-refractivity contribution >= 4 is 100 Å². The minimum atomic E-state index is 0.168. The van der Waals surface area contributed by atoms with E-state index in [1.807, 2.05) is 48.5 Å². The first-order valence-corrected chi connectivity index (χ1v) is 12.7. The van der Waals surface area contributed by atoms with Gasteiger partial charge in [0.15, 0.2) is 4.34 Å². The number of benzene rings is 3. The van der Waals surface area contributed by atoms with Gasteiger partial charge in [-0.1, -0.05) is 41.0 Å². The molecule has 0 aliphatic heterocycles. The van der Waals surface area contributed by atoms with E-state index in [2.05, 4.69) is 41.8 Å². The van der Waals surface area contributed by atoms with Crippen molar-refractivity contribution in [3.05, 3.63) is 78.6 Å². The fourth-order valence-corrected chi connectivity index (χ4v) is 6.71. The molecule has 0 aliphatic rings. The molecule has 1 heterocycles. The number of nitrogens with zero attached hydrogens (tertiary/aromatic N) is 2. The molecule has 0 saturated carbocycles. The summed E-state index contributed by atoms with van der Waals surface area (Å²) in [5.41, 5.74) is 3.55. The zero-order valence-corrected chi connectivity index (χ0v) is 21.4. The molecule has 0 unspecified atom stereocenters. The lowest BCUT2D eigenvalue weighted by Gasteiger charge is -2.04. The molecule has 1 aromatic heterocycles. The maximum atomic E-state index is 9.82. The molecule has 0 atom stereocenters. The fraction of sp³-hybridized carbons (Fsp3) is 0.0476. The Balaban J connectivity index is 1.52. The highest BCUT2D eigenvalue weighted by molar-refractivity contribution is 9.11. The number of fused-ring (bicyclic) bond motifs is 1. The standard InChI is InChI=1S/C21H12Br2Cl2N2OS2/c22-14-6-11(7-15(23)20(14)28)9-26-12-4-5-18-19(8-12)30-21(27-18)29-10-13-16(24)2-1-3-17(13)25/h1-9,28H,10H2. The molecule has 1 N–H and O–H groups in total. The third kappa shape index (κ3) is 5.03. The monoisotopic (exact) mass is 600 g/mol. The van der Waals surface area contributed by atoms with Crippen LogP contribution in [0.5, 0.6) is 5.75 Å². The van der Waals surface area contributed by atoms with Crippen molar-refractivity contribution in [2.24, 2.45) is 4.99 Å². The molecule has 0 aliphatic carbocycles. The van der Waals surface area contributed by atoms with Gasteiger partial charge in [-0.05, 0) is 85.5 Å². The largest absolute Gasteiger partial charge is 0.506 e. The van der Waals surface area contributed by atoms with E-state index >= 15 is 0 Å². The van der Waals surface area contributed by atoms with Gasteiger partial charge in [0.25, 0.3) is 0 Å². The first-order valence-electron chi connectivity index (χ1n) is 8.59.